The Morgan fingerprint density at radius 3 is 2.57 bits per heavy atom. The fraction of sp³-hybridized carbons (Fsp3) is 0.267. The van der Waals surface area contributed by atoms with Crippen LogP contribution in [0, 0.1) is 0 Å². The summed E-state index contributed by atoms with van der Waals surface area (Å²) < 4.78 is 38.8. The Morgan fingerprint density at radius 2 is 1.95 bits per heavy atom. The number of thiophene rings is 1. The fourth-order valence-corrected chi connectivity index (χ4v) is 3.34. The number of benzene rings is 1. The Balaban J connectivity index is 2.39. The molecule has 0 aliphatic heterocycles. The van der Waals surface area contributed by atoms with Crippen LogP contribution in [-0.4, -0.2) is 5.78 Å². The van der Waals surface area contributed by atoms with Crippen LogP contribution in [0.2, 0.25) is 0 Å². The second-order valence-electron chi connectivity index (χ2n) is 4.56. The summed E-state index contributed by atoms with van der Waals surface area (Å²) in [5.41, 5.74) is -0.251. The van der Waals surface area contributed by atoms with Gasteiger partial charge in [0.15, 0.2) is 5.78 Å². The summed E-state index contributed by atoms with van der Waals surface area (Å²) in [5.74, 6) is 0.0276. The molecule has 0 saturated carbocycles. The van der Waals surface area contributed by atoms with E-state index >= 15 is 0 Å². The van der Waals surface area contributed by atoms with Crippen LogP contribution in [0.3, 0.4) is 0 Å². The number of hydrogen-bond acceptors (Lipinski definition) is 2. The molecule has 0 fully saturated rings. The molecule has 2 rings (SSSR count). The molecule has 1 nitrogen and oxygen atoms in total. The van der Waals surface area contributed by atoms with E-state index in [4.69, 9.17) is 0 Å². The third-order valence-corrected chi connectivity index (χ3v) is 4.50. The molecule has 6 heteroatoms. The molecular weight excluding hydrogens is 365 g/mol. The molecule has 0 radical (unpaired) electrons. The molecule has 0 saturated heterocycles. The van der Waals surface area contributed by atoms with E-state index < -0.39 is 11.7 Å². The Labute approximate surface area is 132 Å². The van der Waals surface area contributed by atoms with Crippen molar-refractivity contribution in [1.29, 1.82) is 0 Å². The van der Waals surface area contributed by atoms with Gasteiger partial charge in [0.1, 0.15) is 0 Å². The second kappa shape index (κ2) is 6.32. The number of Topliss-reactive ketones (excluding diaryl/α,β-unsaturated/α-hetero) is 1. The zero-order valence-electron chi connectivity index (χ0n) is 11.1. The first-order valence-electron chi connectivity index (χ1n) is 6.32. The van der Waals surface area contributed by atoms with Crippen LogP contribution in [0.15, 0.2) is 34.8 Å². The minimum atomic E-state index is -4.39. The predicted molar refractivity (Wildman–Crippen MR) is 81.7 cm³/mol. The van der Waals surface area contributed by atoms with Gasteiger partial charge < -0.3 is 0 Å². The van der Waals surface area contributed by atoms with E-state index in [1.54, 1.807) is 18.2 Å². The van der Waals surface area contributed by atoms with Crippen LogP contribution < -0.4 is 0 Å². The number of carbonyl (C=O) groups excluding carboxylic acids is 1. The standard InChI is InChI=1S/C15H12BrF3OS/c1-2-3-12(20)14-5-4-13(21-14)9-6-10(15(17,18)19)8-11(16)7-9/h4-8H,2-3H2,1H3. The molecule has 0 bridgehead atoms. The molecule has 0 N–H and O–H groups in total. The van der Waals surface area contributed by atoms with Crippen molar-refractivity contribution in [1.82, 2.24) is 0 Å². The highest BCUT2D eigenvalue weighted by atomic mass is 79.9. The van der Waals surface area contributed by atoms with E-state index in [2.05, 4.69) is 15.9 Å². The Morgan fingerprint density at radius 1 is 1.24 bits per heavy atom. The molecular formula is C15H12BrF3OS. The predicted octanol–water partition coefficient (Wildman–Crippen LogP) is 6.18. The largest absolute Gasteiger partial charge is 0.416 e. The summed E-state index contributed by atoms with van der Waals surface area (Å²) >= 11 is 4.33. The highest BCUT2D eigenvalue weighted by Gasteiger charge is 2.31. The summed E-state index contributed by atoms with van der Waals surface area (Å²) in [5, 5.41) is 0. The Hall–Kier alpha value is -1.14. The minimum Gasteiger partial charge on any atom is -0.293 e. The van der Waals surface area contributed by atoms with Crippen LogP contribution in [0.4, 0.5) is 13.2 Å². The molecule has 0 amide bonds. The van der Waals surface area contributed by atoms with Gasteiger partial charge in [0.25, 0.3) is 0 Å². The summed E-state index contributed by atoms with van der Waals surface area (Å²) in [6.07, 6.45) is -3.19. The topological polar surface area (TPSA) is 17.1 Å². The van der Waals surface area contributed by atoms with Crippen LogP contribution in [0.1, 0.15) is 35.0 Å². The monoisotopic (exact) mass is 376 g/mol. The number of alkyl halides is 3. The van der Waals surface area contributed by atoms with Crippen molar-refractivity contribution in [2.24, 2.45) is 0 Å². The van der Waals surface area contributed by atoms with Crippen molar-refractivity contribution < 1.29 is 18.0 Å². The van der Waals surface area contributed by atoms with Gasteiger partial charge in [-0.25, -0.2) is 0 Å². The van der Waals surface area contributed by atoms with Crippen molar-refractivity contribution >= 4 is 33.0 Å². The van der Waals surface area contributed by atoms with Crippen molar-refractivity contribution in [3.05, 3.63) is 45.2 Å². The van der Waals surface area contributed by atoms with Crippen molar-refractivity contribution in [3.63, 3.8) is 0 Å². The molecule has 2 aromatic rings. The average Bonchev–Trinajstić information content (AvgIpc) is 2.87. The van der Waals surface area contributed by atoms with E-state index in [9.17, 15) is 18.0 Å². The number of ketones is 1. The van der Waals surface area contributed by atoms with Gasteiger partial charge in [0, 0.05) is 15.8 Å². The highest BCUT2D eigenvalue weighted by Crippen LogP contribution is 2.37. The lowest BCUT2D eigenvalue weighted by atomic mass is 10.1. The second-order valence-corrected chi connectivity index (χ2v) is 6.56. The average molecular weight is 377 g/mol. The van der Waals surface area contributed by atoms with E-state index in [1.165, 1.54) is 11.3 Å². The van der Waals surface area contributed by atoms with Gasteiger partial charge >= 0.3 is 6.18 Å². The Kier molecular flexibility index (Phi) is 4.88. The molecule has 0 atom stereocenters. The van der Waals surface area contributed by atoms with Gasteiger partial charge in [-0.05, 0) is 42.3 Å². The molecule has 1 heterocycles. The van der Waals surface area contributed by atoms with Gasteiger partial charge in [-0.2, -0.15) is 13.2 Å². The number of carbonyl (C=O) groups is 1. The Bertz CT molecular complexity index is 661. The summed E-state index contributed by atoms with van der Waals surface area (Å²) in [6.45, 7) is 1.91. The molecule has 0 aliphatic carbocycles. The van der Waals surface area contributed by atoms with Gasteiger partial charge in [-0.3, -0.25) is 4.79 Å². The molecule has 0 spiro atoms. The maximum absolute atomic E-state index is 12.8. The zero-order valence-corrected chi connectivity index (χ0v) is 13.5. The lowest BCUT2D eigenvalue weighted by molar-refractivity contribution is -0.137. The van der Waals surface area contributed by atoms with Gasteiger partial charge in [0.2, 0.25) is 0 Å². The van der Waals surface area contributed by atoms with Crippen molar-refractivity contribution in [2.45, 2.75) is 25.9 Å². The maximum atomic E-state index is 12.8. The van der Waals surface area contributed by atoms with E-state index in [0.717, 1.165) is 18.6 Å². The third-order valence-electron chi connectivity index (χ3n) is 2.87. The van der Waals surface area contributed by atoms with Crippen LogP contribution in [-0.2, 0) is 6.18 Å². The number of rotatable bonds is 4. The summed E-state index contributed by atoms with van der Waals surface area (Å²) in [7, 11) is 0. The molecule has 0 unspecified atom stereocenters. The SMILES string of the molecule is CCCC(=O)c1ccc(-c2cc(Br)cc(C(F)(F)F)c2)s1. The first kappa shape index (κ1) is 16.2. The number of halogens is 4. The molecule has 1 aromatic heterocycles. The normalized spacial score (nSPS) is 11.7. The minimum absolute atomic E-state index is 0.0276. The lowest BCUT2D eigenvalue weighted by Gasteiger charge is -2.09. The number of hydrogen-bond donors (Lipinski definition) is 0. The molecule has 0 aliphatic rings. The van der Waals surface area contributed by atoms with Crippen molar-refractivity contribution in [2.75, 3.05) is 0 Å². The van der Waals surface area contributed by atoms with Gasteiger partial charge in [-0.1, -0.05) is 22.9 Å². The van der Waals surface area contributed by atoms with E-state index in [0.29, 0.717) is 26.2 Å². The van der Waals surface area contributed by atoms with Crippen LogP contribution in [0.25, 0.3) is 10.4 Å². The summed E-state index contributed by atoms with van der Waals surface area (Å²) in [6, 6.07) is 7.13. The van der Waals surface area contributed by atoms with E-state index in [-0.39, 0.29) is 5.78 Å². The van der Waals surface area contributed by atoms with E-state index in [1.807, 2.05) is 6.92 Å². The fourth-order valence-electron chi connectivity index (χ4n) is 1.89. The lowest BCUT2D eigenvalue weighted by Crippen LogP contribution is -2.04. The maximum Gasteiger partial charge on any atom is 0.416 e. The van der Waals surface area contributed by atoms with Gasteiger partial charge in [0.05, 0.1) is 10.4 Å². The highest BCUT2D eigenvalue weighted by molar-refractivity contribution is 9.10. The molecule has 21 heavy (non-hydrogen) atoms. The quantitative estimate of drug-likeness (QED) is 0.582. The van der Waals surface area contributed by atoms with Crippen LogP contribution in [0.5, 0.6) is 0 Å². The van der Waals surface area contributed by atoms with Crippen LogP contribution >= 0.6 is 27.3 Å². The summed E-state index contributed by atoms with van der Waals surface area (Å²) in [4.78, 5) is 13.0. The molecule has 1 aromatic carbocycles. The first-order chi connectivity index (χ1) is 9.81. The third kappa shape index (κ3) is 3.95. The zero-order chi connectivity index (χ0) is 15.6. The van der Waals surface area contributed by atoms with Crippen molar-refractivity contribution in [3.8, 4) is 10.4 Å². The molecule has 112 valence electrons. The smallest absolute Gasteiger partial charge is 0.293 e. The van der Waals surface area contributed by atoms with Gasteiger partial charge in [-0.15, -0.1) is 11.3 Å². The first-order valence-corrected chi connectivity index (χ1v) is 7.93.